The second kappa shape index (κ2) is 10.8. The van der Waals surface area contributed by atoms with Crippen LogP contribution in [-0.2, 0) is 22.4 Å². The second-order valence-electron chi connectivity index (χ2n) is 9.16. The van der Waals surface area contributed by atoms with Gasteiger partial charge in [0, 0.05) is 36.7 Å². The molecule has 0 unspecified atom stereocenters. The van der Waals surface area contributed by atoms with Gasteiger partial charge in [0.1, 0.15) is 10.8 Å². The molecule has 1 saturated heterocycles. The van der Waals surface area contributed by atoms with Crippen molar-refractivity contribution in [3.05, 3.63) is 40.3 Å². The maximum Gasteiger partial charge on any atom is 0.341 e. The predicted molar refractivity (Wildman–Crippen MR) is 136 cm³/mol. The van der Waals surface area contributed by atoms with Crippen LogP contribution in [0.25, 0.3) is 0 Å². The van der Waals surface area contributed by atoms with Gasteiger partial charge < -0.3 is 19.7 Å². The van der Waals surface area contributed by atoms with Crippen LogP contribution in [0.3, 0.4) is 0 Å². The van der Waals surface area contributed by atoms with Gasteiger partial charge in [0.2, 0.25) is 5.91 Å². The first-order valence-corrected chi connectivity index (χ1v) is 13.0. The van der Waals surface area contributed by atoms with Crippen molar-refractivity contribution >= 4 is 33.9 Å². The van der Waals surface area contributed by atoms with E-state index in [1.54, 1.807) is 18.4 Å². The molecule has 34 heavy (non-hydrogen) atoms. The van der Waals surface area contributed by atoms with Gasteiger partial charge in [-0.2, -0.15) is 0 Å². The maximum absolute atomic E-state index is 13.2. The maximum atomic E-state index is 13.2. The van der Waals surface area contributed by atoms with E-state index in [4.69, 9.17) is 9.47 Å². The number of benzene rings is 1. The van der Waals surface area contributed by atoms with Crippen molar-refractivity contribution in [1.82, 2.24) is 4.90 Å². The molecule has 1 aliphatic carbocycles. The molecule has 0 radical (unpaired) electrons. The fraction of sp³-hybridized carbons (Fsp3) is 0.538. The lowest BCUT2D eigenvalue weighted by Gasteiger charge is -2.38. The molecule has 0 saturated carbocycles. The number of rotatable bonds is 7. The standard InChI is InChI=1S/C26H35N3O4S/c1-5-33-26(31)23-21-11-6-17(2)16-22(21)34-25(23)27-24(30)18(3)28-12-14-29(15-13-28)19-7-9-20(32-4)10-8-19/h7-10,17-18H,5-6,11-16H2,1-4H3,(H,27,30)/t17-,18+/m0/s1. The molecule has 1 aliphatic heterocycles. The third-order valence-corrected chi connectivity index (χ3v) is 8.08. The number of piperazine rings is 1. The van der Waals surface area contributed by atoms with Crippen LogP contribution in [0.1, 0.15) is 48.0 Å². The number of nitrogens with one attached hydrogen (secondary N) is 1. The fourth-order valence-corrected chi connectivity index (χ4v) is 6.20. The Hall–Kier alpha value is -2.58. The Balaban J connectivity index is 1.41. The molecule has 2 heterocycles. The number of fused-ring (bicyclic) bond motifs is 1. The summed E-state index contributed by atoms with van der Waals surface area (Å²) in [5.41, 5.74) is 2.80. The van der Waals surface area contributed by atoms with Crippen LogP contribution in [0.2, 0.25) is 0 Å². The van der Waals surface area contributed by atoms with Crippen LogP contribution >= 0.6 is 11.3 Å². The van der Waals surface area contributed by atoms with Crippen molar-refractivity contribution in [2.24, 2.45) is 5.92 Å². The van der Waals surface area contributed by atoms with E-state index in [2.05, 4.69) is 34.2 Å². The molecule has 8 heteroatoms. The third-order valence-electron chi connectivity index (χ3n) is 6.91. The molecule has 2 aliphatic rings. The average molecular weight is 486 g/mol. The van der Waals surface area contributed by atoms with Crippen molar-refractivity contribution in [3.8, 4) is 5.75 Å². The highest BCUT2D eigenvalue weighted by atomic mass is 32.1. The van der Waals surface area contributed by atoms with Crippen molar-refractivity contribution in [1.29, 1.82) is 0 Å². The molecule has 1 aromatic carbocycles. The number of anilines is 2. The Kier molecular flexibility index (Phi) is 7.78. The minimum Gasteiger partial charge on any atom is -0.497 e. The highest BCUT2D eigenvalue weighted by Crippen LogP contribution is 2.40. The lowest BCUT2D eigenvalue weighted by atomic mass is 9.88. The first-order valence-electron chi connectivity index (χ1n) is 12.2. The highest BCUT2D eigenvalue weighted by molar-refractivity contribution is 7.17. The van der Waals surface area contributed by atoms with E-state index in [-0.39, 0.29) is 17.9 Å². The van der Waals surface area contributed by atoms with Crippen LogP contribution in [0.5, 0.6) is 5.75 Å². The molecule has 7 nitrogen and oxygen atoms in total. The van der Waals surface area contributed by atoms with Crippen molar-refractivity contribution in [2.45, 2.75) is 46.1 Å². The summed E-state index contributed by atoms with van der Waals surface area (Å²) in [6.45, 7) is 9.60. The summed E-state index contributed by atoms with van der Waals surface area (Å²) in [5.74, 6) is 1.03. The number of hydrogen-bond acceptors (Lipinski definition) is 7. The minimum atomic E-state index is -0.328. The molecule has 184 valence electrons. The number of carbonyl (C=O) groups is 2. The summed E-state index contributed by atoms with van der Waals surface area (Å²) < 4.78 is 10.6. The van der Waals surface area contributed by atoms with Crippen LogP contribution in [-0.4, -0.2) is 62.7 Å². The Morgan fingerprint density at radius 3 is 2.53 bits per heavy atom. The number of methoxy groups -OCH3 is 1. The summed E-state index contributed by atoms with van der Waals surface area (Å²) in [6, 6.07) is 7.80. The van der Waals surface area contributed by atoms with Gasteiger partial charge in [0.15, 0.2) is 0 Å². The topological polar surface area (TPSA) is 71.1 Å². The second-order valence-corrected chi connectivity index (χ2v) is 10.3. The number of ether oxygens (including phenoxy) is 2. The van der Waals surface area contributed by atoms with Gasteiger partial charge in [0.05, 0.1) is 25.3 Å². The Morgan fingerprint density at radius 1 is 1.18 bits per heavy atom. The van der Waals surface area contributed by atoms with Crippen molar-refractivity contribution in [3.63, 3.8) is 0 Å². The first kappa shape index (κ1) is 24.5. The number of esters is 1. The van der Waals surface area contributed by atoms with Gasteiger partial charge in [-0.25, -0.2) is 4.79 Å². The van der Waals surface area contributed by atoms with Gasteiger partial charge in [0.25, 0.3) is 0 Å². The Bertz CT molecular complexity index is 1010. The zero-order valence-corrected chi connectivity index (χ0v) is 21.4. The normalized spacial score (nSPS) is 19.3. The zero-order chi connectivity index (χ0) is 24.2. The van der Waals surface area contributed by atoms with Gasteiger partial charge in [-0.1, -0.05) is 6.92 Å². The molecule has 4 rings (SSSR count). The van der Waals surface area contributed by atoms with E-state index >= 15 is 0 Å². The third kappa shape index (κ3) is 5.23. The molecule has 2 aromatic rings. The largest absolute Gasteiger partial charge is 0.497 e. The quantitative estimate of drug-likeness (QED) is 0.593. The smallest absolute Gasteiger partial charge is 0.341 e. The van der Waals surface area contributed by atoms with E-state index < -0.39 is 0 Å². The predicted octanol–water partition coefficient (Wildman–Crippen LogP) is 4.21. The van der Waals surface area contributed by atoms with E-state index in [1.807, 2.05) is 26.0 Å². The number of thiophene rings is 1. The van der Waals surface area contributed by atoms with Gasteiger partial charge in [-0.05, 0) is 68.9 Å². The number of hydrogen-bond donors (Lipinski definition) is 1. The summed E-state index contributed by atoms with van der Waals surface area (Å²) in [4.78, 5) is 31.7. The van der Waals surface area contributed by atoms with E-state index in [0.717, 1.165) is 62.4 Å². The molecule has 2 atom stereocenters. The number of nitrogens with zero attached hydrogens (tertiary/aromatic N) is 2. The van der Waals surface area contributed by atoms with Gasteiger partial charge >= 0.3 is 5.97 Å². The molecule has 1 amide bonds. The summed E-state index contributed by atoms with van der Waals surface area (Å²) >= 11 is 1.54. The molecule has 0 bridgehead atoms. The van der Waals surface area contributed by atoms with Gasteiger partial charge in [-0.15, -0.1) is 11.3 Å². The number of amides is 1. The Labute approximate surface area is 206 Å². The summed E-state index contributed by atoms with van der Waals surface area (Å²) in [6.07, 6.45) is 2.86. The van der Waals surface area contributed by atoms with Crippen LogP contribution in [0.4, 0.5) is 10.7 Å². The van der Waals surface area contributed by atoms with Crippen LogP contribution < -0.4 is 15.0 Å². The summed E-state index contributed by atoms with van der Waals surface area (Å²) in [5, 5.41) is 3.73. The van der Waals surface area contributed by atoms with Crippen LogP contribution in [0, 0.1) is 5.92 Å². The van der Waals surface area contributed by atoms with Crippen molar-refractivity contribution in [2.75, 3.05) is 50.1 Å². The fourth-order valence-electron chi connectivity index (χ4n) is 4.80. The molecule has 0 spiro atoms. The van der Waals surface area contributed by atoms with E-state index in [0.29, 0.717) is 23.1 Å². The molecular weight excluding hydrogens is 450 g/mol. The monoisotopic (exact) mass is 485 g/mol. The highest BCUT2D eigenvalue weighted by Gasteiger charge is 2.31. The minimum absolute atomic E-state index is 0.0740. The van der Waals surface area contributed by atoms with Crippen molar-refractivity contribution < 1.29 is 19.1 Å². The van der Waals surface area contributed by atoms with E-state index in [9.17, 15) is 9.59 Å². The van der Waals surface area contributed by atoms with Gasteiger partial charge in [-0.3, -0.25) is 9.69 Å². The number of carbonyl (C=O) groups excluding carboxylic acids is 2. The molecule has 1 aromatic heterocycles. The molecule has 1 N–H and O–H groups in total. The molecular formula is C26H35N3O4S. The lowest BCUT2D eigenvalue weighted by molar-refractivity contribution is -0.120. The first-order chi connectivity index (χ1) is 16.4. The summed E-state index contributed by atoms with van der Waals surface area (Å²) in [7, 11) is 1.67. The molecule has 1 fully saturated rings. The lowest BCUT2D eigenvalue weighted by Crippen LogP contribution is -2.52. The Morgan fingerprint density at radius 2 is 1.88 bits per heavy atom. The average Bonchev–Trinajstić information content (AvgIpc) is 3.20. The zero-order valence-electron chi connectivity index (χ0n) is 20.6. The van der Waals surface area contributed by atoms with E-state index in [1.165, 1.54) is 4.88 Å². The van der Waals surface area contributed by atoms with Crippen LogP contribution in [0.15, 0.2) is 24.3 Å². The SMILES string of the molecule is CCOC(=O)c1c(NC(=O)[C@@H](C)N2CCN(c3ccc(OC)cc3)CC2)sc2c1CC[C@H](C)C2.